The third-order valence-corrected chi connectivity index (χ3v) is 4.95. The maximum absolute atomic E-state index is 10.8. The second-order valence-electron chi connectivity index (χ2n) is 6.22. The normalized spacial score (nSPS) is 21.1. The van der Waals surface area contributed by atoms with Gasteiger partial charge in [-0.05, 0) is 59.2 Å². The zero-order valence-electron chi connectivity index (χ0n) is 13.4. The van der Waals surface area contributed by atoms with Crippen molar-refractivity contribution in [2.75, 3.05) is 13.1 Å². The van der Waals surface area contributed by atoms with E-state index in [-0.39, 0.29) is 11.6 Å². The lowest BCUT2D eigenvalue weighted by atomic mass is 9.87. The average molecular weight is 279 g/mol. The number of hydrogen-bond donors (Lipinski definition) is 1. The van der Waals surface area contributed by atoms with Crippen LogP contribution in [-0.4, -0.2) is 44.5 Å². The maximum Gasteiger partial charge on any atom is 0.0776 e. The van der Waals surface area contributed by atoms with E-state index in [4.69, 9.17) is 0 Å². The Morgan fingerprint density at radius 3 is 2.55 bits per heavy atom. The van der Waals surface area contributed by atoms with Gasteiger partial charge in [-0.3, -0.25) is 9.58 Å². The number of aliphatic hydroxyl groups excluding tert-OH is 1. The van der Waals surface area contributed by atoms with Crippen LogP contribution in [0.25, 0.3) is 0 Å². The highest BCUT2D eigenvalue weighted by molar-refractivity contribution is 5.12. The molecule has 1 N–H and O–H groups in total. The summed E-state index contributed by atoms with van der Waals surface area (Å²) in [6.45, 7) is 11.6. The molecular formula is C16H29N3O. The van der Waals surface area contributed by atoms with Gasteiger partial charge < -0.3 is 5.11 Å². The molecule has 2 atom stereocenters. The topological polar surface area (TPSA) is 41.3 Å². The second-order valence-corrected chi connectivity index (χ2v) is 6.22. The molecule has 1 saturated heterocycles. The highest BCUT2D eigenvalue weighted by Gasteiger charge is 2.38. The molecule has 1 aliphatic rings. The van der Waals surface area contributed by atoms with Gasteiger partial charge in [0.2, 0.25) is 0 Å². The predicted octanol–water partition coefficient (Wildman–Crippen LogP) is 2.38. The summed E-state index contributed by atoms with van der Waals surface area (Å²) in [5.41, 5.74) is 2.07. The SMILES string of the molecule is CCn1nc(C)cc1CC(O)C(C)(CC)N1CCCC1. The molecule has 0 spiro atoms. The summed E-state index contributed by atoms with van der Waals surface area (Å²) in [7, 11) is 0. The molecule has 1 aliphatic heterocycles. The van der Waals surface area contributed by atoms with Crippen molar-refractivity contribution in [1.29, 1.82) is 0 Å². The van der Waals surface area contributed by atoms with Crippen LogP contribution < -0.4 is 0 Å². The van der Waals surface area contributed by atoms with Gasteiger partial charge in [-0.15, -0.1) is 0 Å². The van der Waals surface area contributed by atoms with Gasteiger partial charge >= 0.3 is 0 Å². The first-order chi connectivity index (χ1) is 9.51. The third-order valence-electron chi connectivity index (χ3n) is 4.95. The number of rotatable bonds is 6. The third kappa shape index (κ3) is 2.91. The van der Waals surface area contributed by atoms with Crippen molar-refractivity contribution in [3.8, 4) is 0 Å². The van der Waals surface area contributed by atoms with Crippen molar-refractivity contribution >= 4 is 0 Å². The van der Waals surface area contributed by atoms with E-state index in [1.807, 2.05) is 11.6 Å². The number of likely N-dealkylation sites (tertiary alicyclic amines) is 1. The Bertz CT molecular complexity index is 437. The van der Waals surface area contributed by atoms with Crippen LogP contribution in [0.2, 0.25) is 0 Å². The van der Waals surface area contributed by atoms with Crippen LogP contribution in [0.3, 0.4) is 0 Å². The molecular weight excluding hydrogens is 250 g/mol. The van der Waals surface area contributed by atoms with Crippen LogP contribution in [0.1, 0.15) is 51.4 Å². The lowest BCUT2D eigenvalue weighted by molar-refractivity contribution is -0.0127. The Kier molecular flexibility index (Phi) is 4.86. The first-order valence-electron chi connectivity index (χ1n) is 7.97. The fourth-order valence-corrected chi connectivity index (χ4v) is 3.35. The Hall–Kier alpha value is -0.870. The molecule has 1 aromatic rings. The molecule has 0 bridgehead atoms. The molecule has 114 valence electrons. The number of aryl methyl sites for hydroxylation is 2. The van der Waals surface area contributed by atoms with Gasteiger partial charge in [-0.1, -0.05) is 6.92 Å². The van der Waals surface area contributed by atoms with Gasteiger partial charge in [0.25, 0.3) is 0 Å². The fraction of sp³-hybridized carbons (Fsp3) is 0.812. The summed E-state index contributed by atoms with van der Waals surface area (Å²) in [5.74, 6) is 0. The lowest BCUT2D eigenvalue weighted by Gasteiger charge is -2.42. The standard InChI is InChI=1S/C16H29N3O/c1-5-16(4,18-9-7-8-10-18)15(20)12-14-11-13(3)17-19(14)6-2/h11,15,20H,5-10,12H2,1-4H3. The predicted molar refractivity (Wildman–Crippen MR) is 81.9 cm³/mol. The lowest BCUT2D eigenvalue weighted by Crippen LogP contribution is -2.54. The van der Waals surface area contributed by atoms with Gasteiger partial charge in [-0.25, -0.2) is 0 Å². The van der Waals surface area contributed by atoms with E-state index in [1.54, 1.807) is 0 Å². The summed E-state index contributed by atoms with van der Waals surface area (Å²) >= 11 is 0. The van der Waals surface area contributed by atoms with Gasteiger partial charge in [0.15, 0.2) is 0 Å². The molecule has 20 heavy (non-hydrogen) atoms. The van der Waals surface area contributed by atoms with Crippen molar-refractivity contribution < 1.29 is 5.11 Å². The molecule has 2 unspecified atom stereocenters. The average Bonchev–Trinajstić information content (AvgIpc) is 3.07. The van der Waals surface area contributed by atoms with Crippen molar-refractivity contribution in [2.45, 2.75) is 71.6 Å². The number of nitrogens with zero attached hydrogens (tertiary/aromatic N) is 3. The van der Waals surface area contributed by atoms with Gasteiger partial charge in [0.05, 0.1) is 11.8 Å². The van der Waals surface area contributed by atoms with Crippen LogP contribution in [-0.2, 0) is 13.0 Å². The summed E-state index contributed by atoms with van der Waals surface area (Å²) in [5, 5.41) is 15.3. The first-order valence-corrected chi connectivity index (χ1v) is 7.97. The van der Waals surface area contributed by atoms with Crippen LogP contribution in [0.15, 0.2) is 6.07 Å². The largest absolute Gasteiger partial charge is 0.391 e. The Balaban J connectivity index is 2.14. The van der Waals surface area contributed by atoms with Gasteiger partial charge in [0, 0.05) is 24.2 Å². The van der Waals surface area contributed by atoms with Crippen molar-refractivity contribution in [3.63, 3.8) is 0 Å². The molecule has 0 aliphatic carbocycles. The van der Waals surface area contributed by atoms with E-state index >= 15 is 0 Å². The van der Waals surface area contributed by atoms with E-state index in [0.29, 0.717) is 6.42 Å². The fourth-order valence-electron chi connectivity index (χ4n) is 3.35. The van der Waals surface area contributed by atoms with E-state index in [2.05, 4.69) is 36.8 Å². The minimum Gasteiger partial charge on any atom is -0.391 e. The quantitative estimate of drug-likeness (QED) is 0.869. The number of hydrogen-bond acceptors (Lipinski definition) is 3. The first kappa shape index (κ1) is 15.5. The number of aromatic nitrogens is 2. The minimum atomic E-state index is -0.341. The maximum atomic E-state index is 10.8. The Morgan fingerprint density at radius 2 is 2.00 bits per heavy atom. The molecule has 0 radical (unpaired) electrons. The van der Waals surface area contributed by atoms with E-state index in [9.17, 15) is 5.11 Å². The van der Waals surface area contributed by atoms with E-state index in [0.717, 1.165) is 37.4 Å². The van der Waals surface area contributed by atoms with Crippen LogP contribution in [0.5, 0.6) is 0 Å². The van der Waals surface area contributed by atoms with Crippen LogP contribution in [0, 0.1) is 6.92 Å². The Labute approximate surface area is 122 Å². The van der Waals surface area contributed by atoms with Crippen molar-refractivity contribution in [1.82, 2.24) is 14.7 Å². The highest BCUT2D eigenvalue weighted by Crippen LogP contribution is 2.29. The summed E-state index contributed by atoms with van der Waals surface area (Å²) in [4.78, 5) is 2.47. The summed E-state index contributed by atoms with van der Waals surface area (Å²) in [6, 6.07) is 2.10. The molecule has 1 aromatic heterocycles. The monoisotopic (exact) mass is 279 g/mol. The zero-order chi connectivity index (χ0) is 14.8. The molecule has 0 amide bonds. The summed E-state index contributed by atoms with van der Waals surface area (Å²) in [6.07, 6.45) is 3.85. The molecule has 0 saturated carbocycles. The van der Waals surface area contributed by atoms with E-state index in [1.165, 1.54) is 12.8 Å². The minimum absolute atomic E-state index is 0.118. The molecule has 2 heterocycles. The second kappa shape index (κ2) is 6.27. The van der Waals surface area contributed by atoms with Crippen LogP contribution in [0.4, 0.5) is 0 Å². The van der Waals surface area contributed by atoms with Crippen molar-refractivity contribution in [2.24, 2.45) is 0 Å². The van der Waals surface area contributed by atoms with E-state index < -0.39 is 0 Å². The molecule has 1 fully saturated rings. The van der Waals surface area contributed by atoms with Crippen LogP contribution >= 0.6 is 0 Å². The van der Waals surface area contributed by atoms with Gasteiger partial charge in [0.1, 0.15) is 0 Å². The molecule has 4 nitrogen and oxygen atoms in total. The zero-order valence-corrected chi connectivity index (χ0v) is 13.4. The molecule has 4 heteroatoms. The molecule has 2 rings (SSSR count). The Morgan fingerprint density at radius 1 is 1.35 bits per heavy atom. The smallest absolute Gasteiger partial charge is 0.0776 e. The van der Waals surface area contributed by atoms with Crippen molar-refractivity contribution in [3.05, 3.63) is 17.5 Å². The highest BCUT2D eigenvalue weighted by atomic mass is 16.3. The number of aliphatic hydroxyl groups is 1. The summed E-state index contributed by atoms with van der Waals surface area (Å²) < 4.78 is 2.01. The molecule has 0 aromatic carbocycles. The van der Waals surface area contributed by atoms with Gasteiger partial charge in [-0.2, -0.15) is 5.10 Å².